The van der Waals surface area contributed by atoms with Gasteiger partial charge in [-0.15, -0.1) is 0 Å². The maximum absolute atomic E-state index is 13.0. The number of carbonyl (C=O) groups excluding carboxylic acids is 1. The molecule has 0 atom stereocenters. The molecule has 2 aromatic rings. The number of likely N-dealkylation sites (N-methyl/N-ethyl adjacent to an activating group) is 1. The van der Waals surface area contributed by atoms with Crippen LogP contribution in [-0.4, -0.2) is 65.4 Å². The van der Waals surface area contributed by atoms with Crippen molar-refractivity contribution in [2.24, 2.45) is 5.92 Å². The third kappa shape index (κ3) is 5.26. The summed E-state index contributed by atoms with van der Waals surface area (Å²) in [6, 6.07) is 11.6. The molecule has 1 saturated heterocycles. The maximum atomic E-state index is 13.0. The Morgan fingerprint density at radius 3 is 2.48 bits per heavy atom. The molecule has 0 unspecified atom stereocenters. The first-order chi connectivity index (χ1) is 13.0. The van der Waals surface area contributed by atoms with E-state index in [1.807, 2.05) is 35.2 Å². The van der Waals surface area contributed by atoms with Crippen molar-refractivity contribution in [1.29, 1.82) is 0 Å². The molecular weight excluding hydrogens is 338 g/mol. The highest BCUT2D eigenvalue weighted by molar-refractivity contribution is 5.93. The number of hydrogen-bond donors (Lipinski definition) is 1. The van der Waals surface area contributed by atoms with E-state index in [0.717, 1.165) is 44.7 Å². The summed E-state index contributed by atoms with van der Waals surface area (Å²) in [4.78, 5) is 26.4. The monoisotopic (exact) mass is 367 g/mol. The summed E-state index contributed by atoms with van der Waals surface area (Å²) in [7, 11) is 2.08. The van der Waals surface area contributed by atoms with E-state index in [4.69, 9.17) is 0 Å². The Labute approximate surface area is 161 Å². The third-order valence-corrected chi connectivity index (χ3v) is 4.80. The molecule has 6 nitrogen and oxygen atoms in total. The quantitative estimate of drug-likeness (QED) is 0.850. The molecule has 27 heavy (non-hydrogen) atoms. The molecule has 1 aliphatic heterocycles. The summed E-state index contributed by atoms with van der Waals surface area (Å²) >= 11 is 0. The van der Waals surface area contributed by atoms with Crippen molar-refractivity contribution in [3.8, 4) is 11.4 Å². The fourth-order valence-corrected chi connectivity index (χ4v) is 3.02. The van der Waals surface area contributed by atoms with Crippen LogP contribution in [0.5, 0.6) is 0 Å². The van der Waals surface area contributed by atoms with Crippen molar-refractivity contribution in [2.75, 3.05) is 45.1 Å². The zero-order chi connectivity index (χ0) is 19.2. The number of hydrogen-bond acceptors (Lipinski definition) is 5. The van der Waals surface area contributed by atoms with Gasteiger partial charge < -0.3 is 15.1 Å². The lowest BCUT2D eigenvalue weighted by atomic mass is 10.1. The van der Waals surface area contributed by atoms with Gasteiger partial charge in [0.05, 0.1) is 0 Å². The molecule has 0 radical (unpaired) electrons. The molecule has 6 heteroatoms. The molecule has 1 aliphatic rings. The molecule has 0 bridgehead atoms. The zero-order valence-electron chi connectivity index (χ0n) is 16.5. The van der Waals surface area contributed by atoms with E-state index in [2.05, 4.69) is 41.1 Å². The molecule has 0 spiro atoms. The highest BCUT2D eigenvalue weighted by Crippen LogP contribution is 2.19. The van der Waals surface area contributed by atoms with Gasteiger partial charge in [-0.1, -0.05) is 44.2 Å². The summed E-state index contributed by atoms with van der Waals surface area (Å²) in [5.74, 6) is 1.89. The van der Waals surface area contributed by atoms with E-state index < -0.39 is 0 Å². The Bertz CT molecular complexity index is 754. The van der Waals surface area contributed by atoms with E-state index >= 15 is 0 Å². The van der Waals surface area contributed by atoms with Gasteiger partial charge in [-0.05, 0) is 19.4 Å². The Kier molecular flexibility index (Phi) is 6.40. The van der Waals surface area contributed by atoms with Gasteiger partial charge in [-0.25, -0.2) is 9.97 Å². The first-order valence-electron chi connectivity index (χ1n) is 9.69. The highest BCUT2D eigenvalue weighted by Gasteiger charge is 2.22. The second-order valence-electron chi connectivity index (χ2n) is 7.53. The summed E-state index contributed by atoms with van der Waals surface area (Å²) in [5.41, 5.74) is 1.37. The van der Waals surface area contributed by atoms with E-state index in [9.17, 15) is 4.79 Å². The van der Waals surface area contributed by atoms with Crippen molar-refractivity contribution >= 4 is 11.7 Å². The lowest BCUT2D eigenvalue weighted by Gasteiger charge is -2.32. The number of anilines is 1. The number of rotatable bonds is 6. The van der Waals surface area contributed by atoms with E-state index in [0.29, 0.717) is 23.3 Å². The van der Waals surface area contributed by atoms with Crippen LogP contribution in [0.1, 0.15) is 30.8 Å². The summed E-state index contributed by atoms with van der Waals surface area (Å²) < 4.78 is 0. The number of nitrogens with one attached hydrogen (secondary N) is 1. The minimum absolute atomic E-state index is 0.0189. The Morgan fingerprint density at radius 1 is 1.11 bits per heavy atom. The Hall–Kier alpha value is -2.47. The predicted molar refractivity (Wildman–Crippen MR) is 109 cm³/mol. The van der Waals surface area contributed by atoms with Gasteiger partial charge >= 0.3 is 0 Å². The second kappa shape index (κ2) is 8.95. The molecule has 1 aromatic heterocycles. The fourth-order valence-electron chi connectivity index (χ4n) is 3.02. The van der Waals surface area contributed by atoms with Gasteiger partial charge in [0.25, 0.3) is 5.91 Å². The topological polar surface area (TPSA) is 61.4 Å². The lowest BCUT2D eigenvalue weighted by Crippen LogP contribution is -2.47. The normalized spacial score (nSPS) is 15.2. The average Bonchev–Trinajstić information content (AvgIpc) is 2.68. The summed E-state index contributed by atoms with van der Waals surface area (Å²) in [6.45, 7) is 8.46. The summed E-state index contributed by atoms with van der Waals surface area (Å²) in [6.07, 6.45) is 1.05. The van der Waals surface area contributed by atoms with Gasteiger partial charge in [0.15, 0.2) is 5.82 Å². The number of piperazine rings is 1. The Balaban J connectivity index is 1.86. The van der Waals surface area contributed by atoms with Crippen molar-refractivity contribution in [1.82, 2.24) is 19.8 Å². The third-order valence-electron chi connectivity index (χ3n) is 4.80. The standard InChI is InChI=1S/C21H29N5O/c1-16(2)9-10-22-19-15-18(21(27)26-13-11-25(3)12-14-26)23-20(24-19)17-7-5-4-6-8-17/h4-8,15-16H,9-14H2,1-3H3,(H,22,23,24). The van der Waals surface area contributed by atoms with Crippen LogP contribution in [0.4, 0.5) is 5.82 Å². The van der Waals surface area contributed by atoms with Crippen LogP contribution < -0.4 is 5.32 Å². The zero-order valence-corrected chi connectivity index (χ0v) is 16.5. The largest absolute Gasteiger partial charge is 0.370 e. The van der Waals surface area contributed by atoms with E-state index in [1.165, 1.54) is 0 Å². The Morgan fingerprint density at radius 2 is 1.81 bits per heavy atom. The molecule has 1 amide bonds. The van der Waals surface area contributed by atoms with Crippen molar-refractivity contribution < 1.29 is 4.79 Å². The van der Waals surface area contributed by atoms with Gasteiger partial charge in [-0.2, -0.15) is 0 Å². The first-order valence-corrected chi connectivity index (χ1v) is 9.69. The van der Waals surface area contributed by atoms with Gasteiger partial charge in [0.1, 0.15) is 11.5 Å². The van der Waals surface area contributed by atoms with Crippen LogP contribution in [0.3, 0.4) is 0 Å². The van der Waals surface area contributed by atoms with E-state index in [1.54, 1.807) is 6.07 Å². The highest BCUT2D eigenvalue weighted by atomic mass is 16.2. The van der Waals surface area contributed by atoms with Gasteiger partial charge in [-0.3, -0.25) is 4.79 Å². The molecule has 2 heterocycles. The minimum Gasteiger partial charge on any atom is -0.370 e. The molecule has 1 N–H and O–H groups in total. The lowest BCUT2D eigenvalue weighted by molar-refractivity contribution is 0.0658. The first kappa shape index (κ1) is 19.3. The molecule has 0 aliphatic carbocycles. The second-order valence-corrected chi connectivity index (χ2v) is 7.53. The smallest absolute Gasteiger partial charge is 0.272 e. The number of carbonyl (C=O) groups is 1. The van der Waals surface area contributed by atoms with Crippen molar-refractivity contribution in [3.63, 3.8) is 0 Å². The molecule has 0 saturated carbocycles. The van der Waals surface area contributed by atoms with Crippen molar-refractivity contribution in [3.05, 3.63) is 42.1 Å². The predicted octanol–water partition coefficient (Wildman–Crippen LogP) is 2.99. The molecular formula is C21H29N5O. The molecule has 1 aromatic carbocycles. The van der Waals surface area contributed by atoms with Crippen molar-refractivity contribution in [2.45, 2.75) is 20.3 Å². The SMILES string of the molecule is CC(C)CCNc1cc(C(=O)N2CCN(C)CC2)nc(-c2ccccc2)n1. The average molecular weight is 367 g/mol. The maximum Gasteiger partial charge on any atom is 0.272 e. The van der Waals surface area contributed by atoms with Crippen LogP contribution in [0.25, 0.3) is 11.4 Å². The van der Waals surface area contributed by atoms with E-state index in [-0.39, 0.29) is 5.91 Å². The van der Waals surface area contributed by atoms with Crippen LogP contribution >= 0.6 is 0 Å². The molecule has 144 valence electrons. The summed E-state index contributed by atoms with van der Waals surface area (Å²) in [5, 5.41) is 3.36. The number of benzene rings is 1. The minimum atomic E-state index is -0.0189. The van der Waals surface area contributed by atoms with Crippen LogP contribution in [0.15, 0.2) is 36.4 Å². The van der Waals surface area contributed by atoms with Crippen LogP contribution in [-0.2, 0) is 0 Å². The number of aromatic nitrogens is 2. The van der Waals surface area contributed by atoms with Crippen LogP contribution in [0.2, 0.25) is 0 Å². The van der Waals surface area contributed by atoms with Crippen LogP contribution in [0, 0.1) is 5.92 Å². The molecule has 1 fully saturated rings. The number of amides is 1. The number of nitrogens with zero attached hydrogens (tertiary/aromatic N) is 4. The van der Waals surface area contributed by atoms with Gasteiger partial charge in [0, 0.05) is 44.4 Å². The molecule has 3 rings (SSSR count). The fraction of sp³-hybridized carbons (Fsp3) is 0.476. The van der Waals surface area contributed by atoms with Gasteiger partial charge in [0.2, 0.25) is 0 Å².